The summed E-state index contributed by atoms with van der Waals surface area (Å²) < 4.78 is 5.10. The first-order valence-corrected chi connectivity index (χ1v) is 7.20. The van der Waals surface area contributed by atoms with Gasteiger partial charge in [0, 0.05) is 18.3 Å². The molecule has 1 amide bonds. The number of hydrogen-bond acceptors (Lipinski definition) is 4. The third-order valence-corrected chi connectivity index (χ3v) is 3.10. The van der Waals surface area contributed by atoms with E-state index in [0.717, 1.165) is 11.1 Å². The molecular formula is C16H16ClN3O2. The monoisotopic (exact) mass is 317 g/mol. The summed E-state index contributed by atoms with van der Waals surface area (Å²) in [4.78, 5) is 19.3. The van der Waals surface area contributed by atoms with Crippen molar-refractivity contribution in [3.05, 3.63) is 65.2 Å². The number of nitrogens with one attached hydrogen (secondary N) is 1. The van der Waals surface area contributed by atoms with Crippen LogP contribution in [0.1, 0.15) is 17.5 Å². The van der Waals surface area contributed by atoms with Crippen LogP contribution in [0, 0.1) is 0 Å². The maximum absolute atomic E-state index is 11.5. The maximum atomic E-state index is 11.5. The van der Waals surface area contributed by atoms with Gasteiger partial charge in [-0.2, -0.15) is 0 Å². The van der Waals surface area contributed by atoms with E-state index in [1.54, 1.807) is 6.20 Å². The number of nitrogens with zero attached hydrogens (tertiary/aromatic N) is 2. The summed E-state index contributed by atoms with van der Waals surface area (Å²) in [5, 5.41) is 3.08. The number of rotatable bonds is 6. The topological polar surface area (TPSA) is 64.1 Å². The first-order valence-electron chi connectivity index (χ1n) is 6.82. The summed E-state index contributed by atoms with van der Waals surface area (Å²) in [7, 11) is 0. The molecule has 0 spiro atoms. The van der Waals surface area contributed by atoms with Gasteiger partial charge in [-0.3, -0.25) is 0 Å². The standard InChI is InChI=1S/C16H16ClN3O2/c17-15-14(10-18-12-20-15)8-4-5-9-19-16(21)22-11-13-6-2-1-3-7-13/h1-4,6-8,10,12H,5,9,11H2,(H,19,21). The van der Waals surface area contributed by atoms with Crippen LogP contribution in [0.5, 0.6) is 0 Å². The molecule has 0 bridgehead atoms. The minimum atomic E-state index is -0.432. The van der Waals surface area contributed by atoms with Crippen molar-refractivity contribution in [1.82, 2.24) is 15.3 Å². The molecule has 0 aliphatic rings. The van der Waals surface area contributed by atoms with Crippen LogP contribution in [-0.4, -0.2) is 22.6 Å². The Morgan fingerprint density at radius 2 is 2.14 bits per heavy atom. The number of hydrogen-bond donors (Lipinski definition) is 1. The molecule has 22 heavy (non-hydrogen) atoms. The predicted molar refractivity (Wildman–Crippen MR) is 85.3 cm³/mol. The Morgan fingerprint density at radius 3 is 2.91 bits per heavy atom. The van der Waals surface area contributed by atoms with Gasteiger partial charge in [0.15, 0.2) is 0 Å². The van der Waals surface area contributed by atoms with E-state index in [2.05, 4.69) is 15.3 Å². The van der Waals surface area contributed by atoms with Gasteiger partial charge in [-0.05, 0) is 12.0 Å². The normalized spacial score (nSPS) is 10.6. The molecule has 114 valence electrons. The molecule has 2 aromatic rings. The second-order valence-electron chi connectivity index (χ2n) is 4.45. The Hall–Kier alpha value is -2.40. The highest BCUT2D eigenvalue weighted by atomic mass is 35.5. The molecule has 1 heterocycles. The minimum Gasteiger partial charge on any atom is -0.445 e. The van der Waals surface area contributed by atoms with Crippen LogP contribution in [-0.2, 0) is 11.3 Å². The van der Waals surface area contributed by atoms with Crippen molar-refractivity contribution >= 4 is 23.8 Å². The van der Waals surface area contributed by atoms with Crippen molar-refractivity contribution < 1.29 is 9.53 Å². The van der Waals surface area contributed by atoms with Crippen molar-refractivity contribution in [3.63, 3.8) is 0 Å². The van der Waals surface area contributed by atoms with Gasteiger partial charge >= 0.3 is 6.09 Å². The number of carbonyl (C=O) groups is 1. The summed E-state index contributed by atoms with van der Waals surface area (Å²) >= 11 is 5.89. The molecule has 5 nitrogen and oxygen atoms in total. The van der Waals surface area contributed by atoms with Gasteiger partial charge in [0.05, 0.1) is 0 Å². The molecule has 0 atom stereocenters. The lowest BCUT2D eigenvalue weighted by molar-refractivity contribution is 0.140. The van der Waals surface area contributed by atoms with Gasteiger partial charge in [0.25, 0.3) is 0 Å². The predicted octanol–water partition coefficient (Wildman–Crippen LogP) is 3.46. The number of benzene rings is 1. The van der Waals surface area contributed by atoms with Crippen LogP contribution in [0.2, 0.25) is 5.15 Å². The van der Waals surface area contributed by atoms with Crippen LogP contribution in [0.4, 0.5) is 4.79 Å². The Bertz CT molecular complexity index is 632. The van der Waals surface area contributed by atoms with Gasteiger partial charge in [-0.25, -0.2) is 14.8 Å². The number of amides is 1. The van der Waals surface area contributed by atoms with Crippen LogP contribution < -0.4 is 5.32 Å². The van der Waals surface area contributed by atoms with E-state index in [9.17, 15) is 4.79 Å². The second kappa shape index (κ2) is 8.79. The van der Waals surface area contributed by atoms with Gasteiger partial charge < -0.3 is 10.1 Å². The molecule has 1 aromatic heterocycles. The third-order valence-electron chi connectivity index (χ3n) is 2.78. The van der Waals surface area contributed by atoms with E-state index in [1.807, 2.05) is 42.5 Å². The van der Waals surface area contributed by atoms with Crippen molar-refractivity contribution in [2.45, 2.75) is 13.0 Å². The molecule has 0 aliphatic carbocycles. The van der Waals surface area contributed by atoms with Crippen LogP contribution >= 0.6 is 11.6 Å². The van der Waals surface area contributed by atoms with Crippen molar-refractivity contribution in [2.24, 2.45) is 0 Å². The Labute approximate surface area is 134 Å². The maximum Gasteiger partial charge on any atom is 0.407 e. The number of aromatic nitrogens is 2. The Morgan fingerprint density at radius 1 is 1.32 bits per heavy atom. The molecule has 0 unspecified atom stereocenters. The summed E-state index contributed by atoms with van der Waals surface area (Å²) in [6.45, 7) is 0.745. The first-order chi connectivity index (χ1) is 10.8. The number of carbonyl (C=O) groups excluding carboxylic acids is 1. The van der Waals surface area contributed by atoms with Gasteiger partial charge in [0.2, 0.25) is 0 Å². The van der Waals surface area contributed by atoms with Crippen molar-refractivity contribution in [3.8, 4) is 0 Å². The average Bonchev–Trinajstić information content (AvgIpc) is 2.55. The van der Waals surface area contributed by atoms with Crippen molar-refractivity contribution in [1.29, 1.82) is 0 Å². The SMILES string of the molecule is O=C(NCCC=Cc1cncnc1Cl)OCc1ccccc1. The fraction of sp³-hybridized carbons (Fsp3) is 0.188. The molecular weight excluding hydrogens is 302 g/mol. The highest BCUT2D eigenvalue weighted by molar-refractivity contribution is 6.30. The van der Waals surface area contributed by atoms with E-state index in [-0.39, 0.29) is 6.61 Å². The summed E-state index contributed by atoms with van der Waals surface area (Å²) in [6.07, 6.45) is 6.96. The zero-order valence-electron chi connectivity index (χ0n) is 11.9. The molecule has 0 aliphatic heterocycles. The smallest absolute Gasteiger partial charge is 0.407 e. The third kappa shape index (κ3) is 5.54. The number of halogens is 1. The van der Waals surface area contributed by atoms with E-state index in [1.165, 1.54) is 6.33 Å². The first kappa shape index (κ1) is 16.0. The number of ether oxygens (including phenoxy) is 1. The molecule has 0 saturated carbocycles. The van der Waals surface area contributed by atoms with Gasteiger partial charge in [0.1, 0.15) is 18.1 Å². The molecule has 0 radical (unpaired) electrons. The highest BCUT2D eigenvalue weighted by Gasteiger charge is 2.01. The van der Waals surface area contributed by atoms with Crippen LogP contribution in [0.25, 0.3) is 6.08 Å². The lowest BCUT2D eigenvalue weighted by Gasteiger charge is -2.05. The Balaban J connectivity index is 1.64. The lowest BCUT2D eigenvalue weighted by Crippen LogP contribution is -2.24. The van der Waals surface area contributed by atoms with Crippen molar-refractivity contribution in [2.75, 3.05) is 6.54 Å². The Kier molecular flexibility index (Phi) is 6.39. The fourth-order valence-electron chi connectivity index (χ4n) is 1.68. The van der Waals surface area contributed by atoms with E-state index in [0.29, 0.717) is 18.1 Å². The molecule has 2 rings (SSSR count). The van der Waals surface area contributed by atoms with Crippen LogP contribution in [0.3, 0.4) is 0 Å². The minimum absolute atomic E-state index is 0.263. The largest absolute Gasteiger partial charge is 0.445 e. The highest BCUT2D eigenvalue weighted by Crippen LogP contribution is 2.11. The fourth-order valence-corrected chi connectivity index (χ4v) is 1.83. The molecule has 6 heteroatoms. The van der Waals surface area contributed by atoms with Gasteiger partial charge in [-0.15, -0.1) is 0 Å². The van der Waals surface area contributed by atoms with E-state index < -0.39 is 6.09 Å². The zero-order valence-corrected chi connectivity index (χ0v) is 12.7. The zero-order chi connectivity index (χ0) is 15.6. The average molecular weight is 318 g/mol. The molecule has 0 fully saturated rings. The molecule has 1 aromatic carbocycles. The summed E-state index contributed by atoms with van der Waals surface area (Å²) in [5.74, 6) is 0. The lowest BCUT2D eigenvalue weighted by atomic mass is 10.2. The summed E-state index contributed by atoms with van der Waals surface area (Å²) in [5.41, 5.74) is 1.70. The quantitative estimate of drug-likeness (QED) is 0.654. The van der Waals surface area contributed by atoms with E-state index in [4.69, 9.17) is 16.3 Å². The van der Waals surface area contributed by atoms with Gasteiger partial charge in [-0.1, -0.05) is 54.1 Å². The van der Waals surface area contributed by atoms with Crippen LogP contribution in [0.15, 0.2) is 48.9 Å². The molecule has 0 saturated heterocycles. The second-order valence-corrected chi connectivity index (χ2v) is 4.81. The number of alkyl carbamates (subject to hydrolysis) is 1. The van der Waals surface area contributed by atoms with E-state index >= 15 is 0 Å². The molecule has 1 N–H and O–H groups in total. The summed E-state index contributed by atoms with van der Waals surface area (Å²) in [6, 6.07) is 9.53.